The highest BCUT2D eigenvalue weighted by Crippen LogP contribution is 2.49. The number of allylic oxidation sites excluding steroid dienone is 12. The summed E-state index contributed by atoms with van der Waals surface area (Å²) in [7, 11) is -10.7. The highest BCUT2D eigenvalue weighted by molar-refractivity contribution is 7.47. The van der Waals surface area contributed by atoms with Gasteiger partial charge in [0.05, 0.1) is 12.7 Å². The first-order chi connectivity index (χ1) is 32.5. The van der Waals surface area contributed by atoms with Crippen LogP contribution in [0, 0.1) is 0 Å². The van der Waals surface area contributed by atoms with Gasteiger partial charge in [-0.25, -0.2) is 9.13 Å². The van der Waals surface area contributed by atoms with Gasteiger partial charge in [0, 0.05) is 12.8 Å². The molecule has 0 heterocycles. The van der Waals surface area contributed by atoms with E-state index in [9.17, 15) is 58.9 Å². The summed E-state index contributed by atoms with van der Waals surface area (Å²) in [5.41, 5.74) is 0. The van der Waals surface area contributed by atoms with Crippen molar-refractivity contribution < 1.29 is 82.0 Å². The molecule has 0 radical (unpaired) electrons. The predicted octanol–water partition coefficient (Wildman–Crippen LogP) is 8.59. The number of phosphoric acid groups is 2. The molecule has 0 aromatic rings. The predicted molar refractivity (Wildman–Crippen MR) is 261 cm³/mol. The van der Waals surface area contributed by atoms with Crippen LogP contribution in [0.4, 0.5) is 0 Å². The minimum absolute atomic E-state index is 0.0132. The number of phosphoric ester groups is 2. The SMILES string of the molecule is CCCCC/C=C\C/C=C\CCCCCCCCCC(=O)O[C@H](COC(=O)CCC/C=C\C/C=C\C/C=C\C/C=C\CC[C@@H](O)CC)COP(=O)(O)O[C@H]1C(O)C(O)C(O)[C@@H](OP(=O)(O)O)C1O. The van der Waals surface area contributed by atoms with Crippen molar-refractivity contribution in [2.45, 2.75) is 210 Å². The van der Waals surface area contributed by atoms with E-state index in [4.69, 9.17) is 18.5 Å². The van der Waals surface area contributed by atoms with Crippen molar-refractivity contribution in [2.75, 3.05) is 13.2 Å². The number of hydrogen-bond acceptors (Lipinski definition) is 14. The summed E-state index contributed by atoms with van der Waals surface area (Å²) in [6, 6.07) is 0. The quantitative estimate of drug-likeness (QED) is 0.0123. The maximum Gasteiger partial charge on any atom is 0.472 e. The summed E-state index contributed by atoms with van der Waals surface area (Å²) in [6.07, 6.45) is 29.4. The first-order valence-corrected chi connectivity index (χ1v) is 27.6. The van der Waals surface area contributed by atoms with Crippen molar-refractivity contribution in [1.29, 1.82) is 0 Å². The second-order valence-corrected chi connectivity index (χ2v) is 19.6. The van der Waals surface area contributed by atoms with Crippen molar-refractivity contribution in [3.05, 3.63) is 72.9 Å². The Balaban J connectivity index is 2.62. The molecule has 0 aliphatic heterocycles. The molecule has 392 valence electrons. The number of unbranched alkanes of at least 4 members (excludes halogenated alkanes) is 11. The molecular formula is C49H84O17P2. The third-order valence-corrected chi connectivity index (χ3v) is 12.4. The lowest BCUT2D eigenvalue weighted by molar-refractivity contribution is -0.216. The number of aliphatic hydroxyl groups excluding tert-OH is 5. The minimum atomic E-state index is -5.38. The summed E-state index contributed by atoms with van der Waals surface area (Å²) in [5.74, 6) is -1.30. The Labute approximate surface area is 404 Å². The van der Waals surface area contributed by atoms with Crippen LogP contribution >= 0.6 is 15.6 Å². The third kappa shape index (κ3) is 33.1. The van der Waals surface area contributed by atoms with Gasteiger partial charge in [0.25, 0.3) is 0 Å². The topological polar surface area (TPSA) is 276 Å². The normalized spacial score (nSPS) is 22.3. The van der Waals surface area contributed by atoms with Crippen LogP contribution in [0.1, 0.15) is 162 Å². The number of carbonyl (C=O) groups is 2. The zero-order chi connectivity index (χ0) is 50.5. The van der Waals surface area contributed by atoms with Gasteiger partial charge in [-0.05, 0) is 89.9 Å². The van der Waals surface area contributed by atoms with Gasteiger partial charge in [-0.15, -0.1) is 0 Å². The van der Waals surface area contributed by atoms with Gasteiger partial charge in [-0.2, -0.15) is 0 Å². The molecule has 0 amide bonds. The molecule has 1 aliphatic carbocycles. The number of hydrogen-bond donors (Lipinski definition) is 8. The average molecular weight is 1010 g/mol. The molecule has 1 saturated carbocycles. The fraction of sp³-hybridized carbons (Fsp3) is 0.714. The number of esters is 2. The molecule has 19 heteroatoms. The Kier molecular flexibility index (Phi) is 36.4. The number of ether oxygens (including phenoxy) is 2. The molecule has 0 aromatic carbocycles. The van der Waals surface area contributed by atoms with Gasteiger partial charge in [-0.1, -0.05) is 132 Å². The van der Waals surface area contributed by atoms with Crippen molar-refractivity contribution in [3.8, 4) is 0 Å². The highest BCUT2D eigenvalue weighted by atomic mass is 31.2. The maximum absolute atomic E-state index is 13.0. The number of rotatable bonds is 40. The molecule has 0 bridgehead atoms. The van der Waals surface area contributed by atoms with E-state index in [1.54, 1.807) is 0 Å². The lowest BCUT2D eigenvalue weighted by atomic mass is 9.85. The third-order valence-electron chi connectivity index (χ3n) is 10.9. The Hall–Kier alpha value is -2.60. The van der Waals surface area contributed by atoms with Crippen LogP contribution in [0.15, 0.2) is 72.9 Å². The van der Waals surface area contributed by atoms with Crippen molar-refractivity contribution >= 4 is 27.6 Å². The second-order valence-electron chi connectivity index (χ2n) is 17.0. The number of aliphatic hydroxyl groups is 5. The minimum Gasteiger partial charge on any atom is -0.462 e. The lowest BCUT2D eigenvalue weighted by Crippen LogP contribution is -2.64. The van der Waals surface area contributed by atoms with Crippen LogP contribution in [0.2, 0.25) is 0 Å². The van der Waals surface area contributed by atoms with Crippen molar-refractivity contribution in [3.63, 3.8) is 0 Å². The van der Waals surface area contributed by atoms with E-state index in [2.05, 4.69) is 66.1 Å². The van der Waals surface area contributed by atoms with Crippen LogP contribution in [0.3, 0.4) is 0 Å². The van der Waals surface area contributed by atoms with Crippen LogP contribution in [-0.2, 0) is 41.8 Å². The largest absolute Gasteiger partial charge is 0.472 e. The summed E-state index contributed by atoms with van der Waals surface area (Å²) in [6.45, 7) is 2.75. The smallest absolute Gasteiger partial charge is 0.462 e. The monoisotopic (exact) mass is 1010 g/mol. The molecule has 68 heavy (non-hydrogen) atoms. The van der Waals surface area contributed by atoms with E-state index in [0.717, 1.165) is 96.3 Å². The Bertz CT molecular complexity index is 1610. The zero-order valence-electron chi connectivity index (χ0n) is 40.4. The molecule has 0 spiro atoms. The molecule has 0 aromatic heterocycles. The average Bonchev–Trinajstić information content (AvgIpc) is 3.29. The van der Waals surface area contributed by atoms with Crippen molar-refractivity contribution in [2.24, 2.45) is 0 Å². The summed E-state index contributed by atoms with van der Waals surface area (Å²) in [4.78, 5) is 54.3. The molecule has 1 fully saturated rings. The Morgan fingerprint density at radius 1 is 0.529 bits per heavy atom. The highest BCUT2D eigenvalue weighted by Gasteiger charge is 2.54. The molecule has 5 unspecified atom stereocenters. The first kappa shape index (κ1) is 63.4. The van der Waals surface area contributed by atoms with Gasteiger partial charge in [0.2, 0.25) is 0 Å². The Morgan fingerprint density at radius 2 is 0.985 bits per heavy atom. The van der Waals surface area contributed by atoms with E-state index < -0.39 is 83.5 Å². The fourth-order valence-electron chi connectivity index (χ4n) is 6.91. The zero-order valence-corrected chi connectivity index (χ0v) is 42.2. The van der Waals surface area contributed by atoms with E-state index in [1.807, 2.05) is 25.2 Å². The lowest BCUT2D eigenvalue weighted by Gasteiger charge is -2.43. The second kappa shape index (κ2) is 39.1. The van der Waals surface area contributed by atoms with Gasteiger partial charge in [0.15, 0.2) is 6.10 Å². The number of carbonyl (C=O) groups excluding carboxylic acids is 2. The molecule has 1 rings (SSSR count). The van der Waals surface area contributed by atoms with Crippen LogP contribution in [0.25, 0.3) is 0 Å². The van der Waals surface area contributed by atoms with E-state index >= 15 is 0 Å². The molecule has 1 aliphatic rings. The van der Waals surface area contributed by atoms with Crippen LogP contribution in [0.5, 0.6) is 0 Å². The van der Waals surface area contributed by atoms with E-state index in [1.165, 1.54) is 19.3 Å². The van der Waals surface area contributed by atoms with Crippen LogP contribution < -0.4 is 0 Å². The fourth-order valence-corrected chi connectivity index (χ4v) is 8.45. The molecule has 9 atom stereocenters. The van der Waals surface area contributed by atoms with Crippen LogP contribution in [-0.4, -0.2) is 114 Å². The van der Waals surface area contributed by atoms with E-state index in [-0.39, 0.29) is 18.9 Å². The standard InChI is InChI=1S/C49H84O17P2/c1-3-5-6-7-8-9-10-11-12-13-14-19-22-25-28-31-34-37-43(52)64-41(39-63-68(60,61)66-49-46(55)44(53)45(54)48(47(49)56)65-67(57,58)59)38-62-42(51)36-33-30-27-24-21-18-16-15-17-20-23-26-29-32-35-40(50)4-2/h8-9,11-12,16-18,20,24,26-27,29,40-41,44-50,53-56H,3-7,10,13-15,19,21-23,25,28,30-39H2,1-2H3,(H,60,61)(H2,57,58,59)/b9-8-,12-11-,18-16-,20-17-,27-24-,29-26-/t40-,41+,44?,45?,46?,47?,48+,49-/m0/s1. The summed E-state index contributed by atoms with van der Waals surface area (Å²) < 4.78 is 49.3. The molecule has 0 saturated heterocycles. The summed E-state index contributed by atoms with van der Waals surface area (Å²) in [5, 5.41) is 50.8. The van der Waals surface area contributed by atoms with E-state index in [0.29, 0.717) is 19.3 Å². The van der Waals surface area contributed by atoms with Crippen molar-refractivity contribution in [1.82, 2.24) is 0 Å². The van der Waals surface area contributed by atoms with Gasteiger partial charge >= 0.3 is 27.6 Å². The molecular weight excluding hydrogens is 922 g/mol. The molecule has 17 nitrogen and oxygen atoms in total. The van der Waals surface area contributed by atoms with Gasteiger partial charge in [0.1, 0.15) is 43.2 Å². The molecule has 8 N–H and O–H groups in total. The summed E-state index contributed by atoms with van der Waals surface area (Å²) >= 11 is 0. The first-order valence-electron chi connectivity index (χ1n) is 24.6. The maximum atomic E-state index is 13.0. The van der Waals surface area contributed by atoms with Gasteiger partial charge in [-0.3, -0.25) is 23.2 Å². The Morgan fingerprint density at radius 3 is 1.51 bits per heavy atom. The van der Waals surface area contributed by atoms with Gasteiger partial charge < -0.3 is 49.7 Å².